The van der Waals surface area contributed by atoms with E-state index in [1.54, 1.807) is 12.1 Å². The molecule has 0 heterocycles. The molecule has 1 unspecified atom stereocenters. The molecule has 1 amide bonds. The summed E-state index contributed by atoms with van der Waals surface area (Å²) in [6.07, 6.45) is 1.65. The predicted molar refractivity (Wildman–Crippen MR) is 69.0 cm³/mol. The third-order valence-electron chi connectivity index (χ3n) is 3.15. The Morgan fingerprint density at radius 2 is 2.16 bits per heavy atom. The van der Waals surface area contributed by atoms with Gasteiger partial charge in [-0.2, -0.15) is 0 Å². The van der Waals surface area contributed by atoms with Gasteiger partial charge in [-0.25, -0.2) is 4.79 Å². The van der Waals surface area contributed by atoms with Gasteiger partial charge in [-0.3, -0.25) is 4.79 Å². The van der Waals surface area contributed by atoms with Crippen LogP contribution in [0.1, 0.15) is 23.2 Å². The van der Waals surface area contributed by atoms with Crippen molar-refractivity contribution in [2.45, 2.75) is 18.9 Å². The maximum absolute atomic E-state index is 12.1. The van der Waals surface area contributed by atoms with Gasteiger partial charge >= 0.3 is 5.97 Å². The Morgan fingerprint density at radius 1 is 1.47 bits per heavy atom. The Balaban J connectivity index is 2.16. The van der Waals surface area contributed by atoms with Crippen LogP contribution in [0.15, 0.2) is 18.2 Å². The lowest BCUT2D eigenvalue weighted by molar-refractivity contribution is -0.139. The van der Waals surface area contributed by atoms with E-state index in [0.717, 1.165) is 12.8 Å². The number of benzene rings is 1. The lowest BCUT2D eigenvalue weighted by Crippen LogP contribution is -2.42. The summed E-state index contributed by atoms with van der Waals surface area (Å²) in [5.74, 6) is -0.987. The third-order valence-corrected chi connectivity index (χ3v) is 3.15. The first-order valence-corrected chi connectivity index (χ1v) is 6.00. The standard InChI is InChI=1S/C13H16N2O4/c1-19-8-4-5-10(14)9(6-8)12(16)15-11(13(17)18)7-2-3-7/h4-7,11H,2-3,14H2,1H3,(H,15,16)(H,17,18). The van der Waals surface area contributed by atoms with Gasteiger partial charge in [0.1, 0.15) is 11.8 Å². The Bertz CT molecular complexity index is 511. The molecule has 1 aliphatic carbocycles. The highest BCUT2D eigenvalue weighted by Gasteiger charge is 2.37. The molecule has 6 heteroatoms. The van der Waals surface area contributed by atoms with Gasteiger partial charge in [-0.15, -0.1) is 0 Å². The molecule has 102 valence electrons. The lowest BCUT2D eigenvalue weighted by Gasteiger charge is -2.15. The van der Waals surface area contributed by atoms with E-state index in [-0.39, 0.29) is 11.5 Å². The smallest absolute Gasteiger partial charge is 0.326 e. The molecular formula is C13H16N2O4. The Kier molecular flexibility index (Phi) is 3.59. The number of nitrogens with one attached hydrogen (secondary N) is 1. The minimum Gasteiger partial charge on any atom is -0.497 e. The number of ether oxygens (including phenoxy) is 1. The number of amides is 1. The van der Waals surface area contributed by atoms with Crippen LogP contribution in [-0.4, -0.2) is 30.1 Å². The van der Waals surface area contributed by atoms with Crippen molar-refractivity contribution in [2.75, 3.05) is 12.8 Å². The van der Waals surface area contributed by atoms with Crippen LogP contribution in [0.25, 0.3) is 0 Å². The van der Waals surface area contributed by atoms with Gasteiger partial charge in [0.25, 0.3) is 5.91 Å². The molecule has 19 heavy (non-hydrogen) atoms. The van der Waals surface area contributed by atoms with Gasteiger partial charge in [0, 0.05) is 5.69 Å². The summed E-state index contributed by atoms with van der Waals surface area (Å²) < 4.78 is 5.02. The minimum absolute atomic E-state index is 0.0216. The third kappa shape index (κ3) is 2.96. The van der Waals surface area contributed by atoms with Gasteiger partial charge < -0.3 is 20.9 Å². The molecule has 2 rings (SSSR count). The van der Waals surface area contributed by atoms with Crippen LogP contribution < -0.4 is 15.8 Å². The second-order valence-corrected chi connectivity index (χ2v) is 4.58. The second kappa shape index (κ2) is 5.17. The highest BCUT2D eigenvalue weighted by Crippen LogP contribution is 2.33. The molecule has 0 aromatic heterocycles. The van der Waals surface area contributed by atoms with E-state index in [0.29, 0.717) is 11.4 Å². The average molecular weight is 264 g/mol. The van der Waals surface area contributed by atoms with E-state index in [2.05, 4.69) is 5.32 Å². The van der Waals surface area contributed by atoms with Crippen LogP contribution in [-0.2, 0) is 4.79 Å². The number of carboxylic acid groups (broad SMARTS) is 1. The van der Waals surface area contributed by atoms with Crippen molar-refractivity contribution in [1.29, 1.82) is 0 Å². The highest BCUT2D eigenvalue weighted by atomic mass is 16.5. The molecule has 0 spiro atoms. The van der Waals surface area contributed by atoms with Crippen molar-refractivity contribution >= 4 is 17.6 Å². The van der Waals surface area contributed by atoms with E-state index in [4.69, 9.17) is 15.6 Å². The first-order chi connectivity index (χ1) is 9.02. The summed E-state index contributed by atoms with van der Waals surface area (Å²) in [5, 5.41) is 11.6. The number of nitrogens with two attached hydrogens (primary N) is 1. The number of carbonyl (C=O) groups excluding carboxylic acids is 1. The Morgan fingerprint density at radius 3 is 2.68 bits per heavy atom. The molecule has 1 aliphatic rings. The fourth-order valence-electron chi connectivity index (χ4n) is 1.89. The van der Waals surface area contributed by atoms with Gasteiger partial charge in [0.2, 0.25) is 0 Å². The van der Waals surface area contributed by atoms with Crippen molar-refractivity contribution in [2.24, 2.45) is 5.92 Å². The van der Waals surface area contributed by atoms with Crippen LogP contribution in [0, 0.1) is 5.92 Å². The summed E-state index contributed by atoms with van der Waals surface area (Å²) in [4.78, 5) is 23.2. The fraction of sp³-hybridized carbons (Fsp3) is 0.385. The summed E-state index contributed by atoms with van der Waals surface area (Å²) >= 11 is 0. The number of rotatable bonds is 5. The normalized spacial score (nSPS) is 15.6. The van der Waals surface area contributed by atoms with E-state index >= 15 is 0 Å². The number of hydrogen-bond donors (Lipinski definition) is 3. The van der Waals surface area contributed by atoms with Gasteiger partial charge in [0.15, 0.2) is 0 Å². The van der Waals surface area contributed by atoms with Crippen molar-refractivity contribution in [1.82, 2.24) is 5.32 Å². The van der Waals surface area contributed by atoms with Gasteiger partial charge in [-0.1, -0.05) is 0 Å². The number of aliphatic carboxylic acids is 1. The highest BCUT2D eigenvalue weighted by molar-refractivity contribution is 6.01. The number of hydrogen-bond acceptors (Lipinski definition) is 4. The molecule has 1 fully saturated rings. The zero-order chi connectivity index (χ0) is 14.0. The van der Waals surface area contributed by atoms with Crippen molar-refractivity contribution in [3.63, 3.8) is 0 Å². The number of carboxylic acids is 1. The first kappa shape index (κ1) is 13.2. The molecular weight excluding hydrogens is 248 g/mol. The fourth-order valence-corrected chi connectivity index (χ4v) is 1.89. The summed E-state index contributed by atoms with van der Waals surface area (Å²) in [6, 6.07) is 3.84. The van der Waals surface area contributed by atoms with Crippen LogP contribution in [0.4, 0.5) is 5.69 Å². The number of nitrogen functional groups attached to an aromatic ring is 1. The molecule has 0 bridgehead atoms. The minimum atomic E-state index is -1.02. The molecule has 6 nitrogen and oxygen atoms in total. The predicted octanol–water partition coefficient (Wildman–Crippen LogP) is 0.870. The van der Waals surface area contributed by atoms with Gasteiger partial charge in [-0.05, 0) is 37.0 Å². The van der Waals surface area contributed by atoms with Crippen LogP contribution >= 0.6 is 0 Å². The van der Waals surface area contributed by atoms with E-state index < -0.39 is 17.9 Å². The van der Waals surface area contributed by atoms with Crippen molar-refractivity contribution < 1.29 is 19.4 Å². The topological polar surface area (TPSA) is 102 Å². The largest absolute Gasteiger partial charge is 0.497 e. The van der Waals surface area contributed by atoms with Crippen LogP contribution in [0.5, 0.6) is 5.75 Å². The Labute approximate surface area is 110 Å². The molecule has 0 aliphatic heterocycles. The molecule has 1 atom stereocenters. The molecule has 1 aromatic carbocycles. The molecule has 1 aromatic rings. The second-order valence-electron chi connectivity index (χ2n) is 4.58. The maximum Gasteiger partial charge on any atom is 0.326 e. The lowest BCUT2D eigenvalue weighted by atomic mass is 10.1. The van der Waals surface area contributed by atoms with E-state index in [1.165, 1.54) is 13.2 Å². The summed E-state index contributed by atoms with van der Waals surface area (Å²) in [6.45, 7) is 0. The summed E-state index contributed by atoms with van der Waals surface area (Å²) in [7, 11) is 1.48. The number of carbonyl (C=O) groups is 2. The molecule has 4 N–H and O–H groups in total. The summed E-state index contributed by atoms with van der Waals surface area (Å²) in [5.41, 5.74) is 6.24. The van der Waals surface area contributed by atoms with Crippen LogP contribution in [0.2, 0.25) is 0 Å². The molecule has 0 radical (unpaired) electrons. The van der Waals surface area contributed by atoms with Crippen molar-refractivity contribution in [3.05, 3.63) is 23.8 Å². The first-order valence-electron chi connectivity index (χ1n) is 6.00. The number of methoxy groups -OCH3 is 1. The van der Waals surface area contributed by atoms with E-state index in [9.17, 15) is 9.59 Å². The maximum atomic E-state index is 12.1. The number of anilines is 1. The van der Waals surface area contributed by atoms with Crippen LogP contribution in [0.3, 0.4) is 0 Å². The monoisotopic (exact) mass is 264 g/mol. The van der Waals surface area contributed by atoms with Gasteiger partial charge in [0.05, 0.1) is 12.7 Å². The SMILES string of the molecule is COc1ccc(N)c(C(=O)NC(C(=O)O)C2CC2)c1. The molecule has 0 saturated heterocycles. The molecule has 1 saturated carbocycles. The quantitative estimate of drug-likeness (QED) is 0.685. The Hall–Kier alpha value is -2.24. The zero-order valence-electron chi connectivity index (χ0n) is 10.6. The van der Waals surface area contributed by atoms with E-state index in [1.807, 2.05) is 0 Å². The zero-order valence-corrected chi connectivity index (χ0v) is 10.6. The van der Waals surface area contributed by atoms with Crippen molar-refractivity contribution in [3.8, 4) is 5.75 Å². The average Bonchev–Trinajstić information content (AvgIpc) is 3.20.